The summed E-state index contributed by atoms with van der Waals surface area (Å²) in [5, 5.41) is 6.18. The number of hydrogen-bond donors (Lipinski definition) is 1. The van der Waals surface area contributed by atoms with E-state index in [2.05, 4.69) is 15.2 Å². The summed E-state index contributed by atoms with van der Waals surface area (Å²) in [4.78, 5) is 11.4. The van der Waals surface area contributed by atoms with E-state index in [1.807, 2.05) is 0 Å². The largest absolute Gasteiger partial charge is 0.411 e. The lowest BCUT2D eigenvalue weighted by Gasteiger charge is -2.13. The SMILES string of the molecule is C[C@@H](OCC(F)(F)F)C(=O)Nc1cnn(C)c1. The summed E-state index contributed by atoms with van der Waals surface area (Å²) in [5.74, 6) is -0.651. The van der Waals surface area contributed by atoms with Crippen LogP contribution < -0.4 is 5.32 Å². The van der Waals surface area contributed by atoms with E-state index >= 15 is 0 Å². The number of halogens is 3. The van der Waals surface area contributed by atoms with Crippen molar-refractivity contribution < 1.29 is 22.7 Å². The number of anilines is 1. The number of carbonyl (C=O) groups is 1. The maximum absolute atomic E-state index is 11.8. The fourth-order valence-electron chi connectivity index (χ4n) is 1.02. The molecule has 0 aromatic carbocycles. The fraction of sp³-hybridized carbons (Fsp3) is 0.556. The molecular weight excluding hydrogens is 239 g/mol. The smallest absolute Gasteiger partial charge is 0.359 e. The molecule has 0 aliphatic carbocycles. The first kappa shape index (κ1) is 13.5. The van der Waals surface area contributed by atoms with Crippen molar-refractivity contribution in [1.82, 2.24) is 9.78 Å². The van der Waals surface area contributed by atoms with Crippen molar-refractivity contribution in [3.8, 4) is 0 Å². The predicted molar refractivity (Wildman–Crippen MR) is 53.3 cm³/mol. The van der Waals surface area contributed by atoms with Crippen LogP contribution in [0.25, 0.3) is 0 Å². The van der Waals surface area contributed by atoms with Crippen molar-refractivity contribution in [2.75, 3.05) is 11.9 Å². The molecule has 1 rings (SSSR count). The average molecular weight is 251 g/mol. The van der Waals surface area contributed by atoms with Crippen LogP contribution in [-0.4, -0.2) is 34.6 Å². The molecule has 0 aliphatic heterocycles. The molecule has 0 saturated heterocycles. The van der Waals surface area contributed by atoms with Crippen LogP contribution in [-0.2, 0) is 16.6 Å². The number of carbonyl (C=O) groups excluding carboxylic acids is 1. The van der Waals surface area contributed by atoms with Crippen molar-refractivity contribution in [3.05, 3.63) is 12.4 Å². The summed E-state index contributed by atoms with van der Waals surface area (Å²) in [7, 11) is 1.65. The minimum Gasteiger partial charge on any atom is -0.359 e. The second kappa shape index (κ2) is 5.17. The molecule has 1 aromatic rings. The van der Waals surface area contributed by atoms with Gasteiger partial charge in [0, 0.05) is 13.2 Å². The molecule has 1 amide bonds. The van der Waals surface area contributed by atoms with E-state index in [0.29, 0.717) is 5.69 Å². The molecule has 0 spiro atoms. The Kier molecular flexibility index (Phi) is 4.11. The van der Waals surface area contributed by atoms with Gasteiger partial charge in [-0.15, -0.1) is 0 Å². The molecule has 0 radical (unpaired) electrons. The Bertz CT molecular complexity index is 389. The van der Waals surface area contributed by atoms with Crippen molar-refractivity contribution >= 4 is 11.6 Å². The summed E-state index contributed by atoms with van der Waals surface area (Å²) >= 11 is 0. The van der Waals surface area contributed by atoms with Gasteiger partial charge < -0.3 is 10.1 Å². The second-order valence-corrected chi connectivity index (χ2v) is 3.46. The van der Waals surface area contributed by atoms with Gasteiger partial charge in [0.25, 0.3) is 5.91 Å². The number of nitrogens with one attached hydrogen (secondary N) is 1. The highest BCUT2D eigenvalue weighted by Crippen LogP contribution is 2.15. The van der Waals surface area contributed by atoms with Crippen molar-refractivity contribution in [1.29, 1.82) is 0 Å². The van der Waals surface area contributed by atoms with Gasteiger partial charge in [-0.2, -0.15) is 18.3 Å². The number of amides is 1. The third-order valence-electron chi connectivity index (χ3n) is 1.84. The van der Waals surface area contributed by atoms with E-state index in [1.165, 1.54) is 24.0 Å². The minimum atomic E-state index is -4.44. The Morgan fingerprint density at radius 2 is 2.29 bits per heavy atom. The van der Waals surface area contributed by atoms with Crippen LogP contribution in [0.2, 0.25) is 0 Å². The summed E-state index contributed by atoms with van der Waals surface area (Å²) in [6.07, 6.45) is -2.72. The highest BCUT2D eigenvalue weighted by atomic mass is 19.4. The lowest BCUT2D eigenvalue weighted by Crippen LogP contribution is -2.31. The quantitative estimate of drug-likeness (QED) is 0.878. The molecule has 8 heteroatoms. The van der Waals surface area contributed by atoms with Crippen LogP contribution in [0.3, 0.4) is 0 Å². The Labute approximate surface area is 95.5 Å². The van der Waals surface area contributed by atoms with Crippen molar-refractivity contribution in [2.24, 2.45) is 7.05 Å². The summed E-state index contributed by atoms with van der Waals surface area (Å²) in [6.45, 7) is -0.202. The van der Waals surface area contributed by atoms with E-state index in [9.17, 15) is 18.0 Å². The van der Waals surface area contributed by atoms with Crippen LogP contribution in [0, 0.1) is 0 Å². The number of aryl methyl sites for hydroxylation is 1. The first-order valence-corrected chi connectivity index (χ1v) is 4.76. The van der Waals surface area contributed by atoms with Crippen molar-refractivity contribution in [3.63, 3.8) is 0 Å². The maximum Gasteiger partial charge on any atom is 0.411 e. The predicted octanol–water partition coefficient (Wildman–Crippen LogP) is 1.33. The lowest BCUT2D eigenvalue weighted by molar-refractivity contribution is -0.184. The Hall–Kier alpha value is -1.57. The standard InChI is InChI=1S/C9H12F3N3O2/c1-6(17-5-9(10,11)12)8(16)14-7-3-13-15(2)4-7/h3-4,6H,5H2,1-2H3,(H,14,16)/t6-/m1/s1. The topological polar surface area (TPSA) is 56.1 Å². The number of rotatable bonds is 4. The normalized spacial score (nSPS) is 13.5. The molecule has 17 heavy (non-hydrogen) atoms. The number of nitrogens with zero attached hydrogens (tertiary/aromatic N) is 2. The fourth-order valence-corrected chi connectivity index (χ4v) is 1.02. The molecular formula is C9H12F3N3O2. The monoisotopic (exact) mass is 251 g/mol. The molecule has 0 fully saturated rings. The third kappa shape index (κ3) is 4.85. The molecule has 1 heterocycles. The van der Waals surface area contributed by atoms with Gasteiger partial charge in [-0.25, -0.2) is 0 Å². The highest BCUT2D eigenvalue weighted by molar-refractivity contribution is 5.93. The van der Waals surface area contributed by atoms with Crippen LogP contribution in [0.1, 0.15) is 6.92 Å². The molecule has 0 bridgehead atoms. The molecule has 0 saturated carbocycles. The zero-order chi connectivity index (χ0) is 13.1. The van der Waals surface area contributed by atoms with Crippen LogP contribution in [0.15, 0.2) is 12.4 Å². The Balaban J connectivity index is 2.42. The van der Waals surface area contributed by atoms with Gasteiger partial charge in [-0.05, 0) is 6.92 Å². The maximum atomic E-state index is 11.8. The van der Waals surface area contributed by atoms with Gasteiger partial charge in [0.1, 0.15) is 12.7 Å². The molecule has 1 atom stereocenters. The molecule has 5 nitrogen and oxygen atoms in total. The zero-order valence-electron chi connectivity index (χ0n) is 9.28. The highest BCUT2D eigenvalue weighted by Gasteiger charge is 2.29. The molecule has 1 N–H and O–H groups in total. The summed E-state index contributed by atoms with van der Waals surface area (Å²) < 4.78 is 41.4. The van der Waals surface area contributed by atoms with E-state index < -0.39 is 24.8 Å². The first-order chi connectivity index (χ1) is 7.78. The number of aromatic nitrogens is 2. The van der Waals surface area contributed by atoms with Gasteiger partial charge in [0.15, 0.2) is 0 Å². The van der Waals surface area contributed by atoms with Crippen LogP contribution in [0.5, 0.6) is 0 Å². The zero-order valence-corrected chi connectivity index (χ0v) is 9.28. The van der Waals surface area contributed by atoms with E-state index in [1.54, 1.807) is 7.05 Å². The number of alkyl halides is 3. The molecule has 96 valence electrons. The Morgan fingerprint density at radius 3 is 2.76 bits per heavy atom. The molecule has 0 aliphatic rings. The van der Waals surface area contributed by atoms with E-state index in [0.717, 1.165) is 0 Å². The number of hydrogen-bond acceptors (Lipinski definition) is 3. The van der Waals surface area contributed by atoms with Crippen molar-refractivity contribution in [2.45, 2.75) is 19.2 Å². The van der Waals surface area contributed by atoms with E-state index in [-0.39, 0.29) is 0 Å². The molecule has 0 unspecified atom stereocenters. The van der Waals surface area contributed by atoms with Crippen LogP contribution in [0.4, 0.5) is 18.9 Å². The summed E-state index contributed by atoms with van der Waals surface area (Å²) in [5.41, 5.74) is 0.403. The lowest BCUT2D eigenvalue weighted by atomic mass is 10.3. The minimum absolute atomic E-state index is 0.403. The number of ether oxygens (including phenoxy) is 1. The van der Waals surface area contributed by atoms with Gasteiger partial charge in [-0.1, -0.05) is 0 Å². The third-order valence-corrected chi connectivity index (χ3v) is 1.84. The second-order valence-electron chi connectivity index (χ2n) is 3.46. The van der Waals surface area contributed by atoms with E-state index in [4.69, 9.17) is 0 Å². The van der Waals surface area contributed by atoms with Crippen LogP contribution >= 0.6 is 0 Å². The van der Waals surface area contributed by atoms with Gasteiger partial charge in [0.05, 0.1) is 11.9 Å². The Morgan fingerprint density at radius 1 is 1.65 bits per heavy atom. The van der Waals surface area contributed by atoms with Gasteiger partial charge in [0.2, 0.25) is 0 Å². The van der Waals surface area contributed by atoms with Gasteiger partial charge in [-0.3, -0.25) is 9.48 Å². The summed E-state index contributed by atoms with van der Waals surface area (Å²) in [6, 6.07) is 0. The average Bonchev–Trinajstić information content (AvgIpc) is 2.59. The van der Waals surface area contributed by atoms with Gasteiger partial charge >= 0.3 is 6.18 Å². The first-order valence-electron chi connectivity index (χ1n) is 4.76. The molecule has 1 aromatic heterocycles.